The molecule has 1 aliphatic carbocycles. The lowest BCUT2D eigenvalue weighted by Gasteiger charge is -2.24. The van der Waals surface area contributed by atoms with E-state index >= 15 is 0 Å². The quantitative estimate of drug-likeness (QED) is 0.352. The summed E-state index contributed by atoms with van der Waals surface area (Å²) in [6.45, 7) is 3.43. The van der Waals surface area contributed by atoms with E-state index in [9.17, 15) is 9.59 Å². The molecule has 0 radical (unpaired) electrons. The highest BCUT2D eigenvalue weighted by atomic mass is 16.7. The van der Waals surface area contributed by atoms with Crippen molar-refractivity contribution in [3.8, 4) is 0 Å². The van der Waals surface area contributed by atoms with Crippen molar-refractivity contribution in [3.63, 3.8) is 0 Å². The van der Waals surface area contributed by atoms with Gasteiger partial charge in [0.15, 0.2) is 0 Å². The Kier molecular flexibility index (Phi) is 6.61. The molecule has 2 aliphatic heterocycles. The number of anilines is 1. The minimum atomic E-state index is -0.252. The smallest absolute Gasteiger partial charge is 0.273 e. The molecule has 4 N–H and O–H groups in total. The topological polar surface area (TPSA) is 114 Å². The molecule has 0 saturated carbocycles. The van der Waals surface area contributed by atoms with Crippen molar-refractivity contribution < 1.29 is 14.4 Å². The largest absolute Gasteiger partial charge is 0.399 e. The first-order valence-corrected chi connectivity index (χ1v) is 12.4. The minimum absolute atomic E-state index is 0.00173. The molecule has 1 saturated heterocycles. The number of fused-ring (bicyclic) bond motifs is 3. The maximum Gasteiger partial charge on any atom is 0.273 e. The highest BCUT2D eigenvalue weighted by Crippen LogP contribution is 2.34. The van der Waals surface area contributed by atoms with Crippen molar-refractivity contribution >= 4 is 35.1 Å². The molecule has 1 fully saturated rings. The van der Waals surface area contributed by atoms with Crippen LogP contribution in [0.25, 0.3) is 6.08 Å². The van der Waals surface area contributed by atoms with E-state index in [4.69, 9.17) is 16.3 Å². The van der Waals surface area contributed by atoms with E-state index in [-0.39, 0.29) is 30.9 Å². The van der Waals surface area contributed by atoms with Gasteiger partial charge in [-0.05, 0) is 54.7 Å². The van der Waals surface area contributed by atoms with Gasteiger partial charge in [0.2, 0.25) is 0 Å². The zero-order chi connectivity index (χ0) is 25.2. The van der Waals surface area contributed by atoms with Gasteiger partial charge in [-0.2, -0.15) is 0 Å². The second-order valence-corrected chi connectivity index (χ2v) is 9.55. The Bertz CT molecular complexity index is 1260. The molecule has 3 aliphatic rings. The molecule has 2 unspecified atom stereocenters. The number of hydrogen-bond donors (Lipinski definition) is 2. The Labute approximate surface area is 210 Å². The number of aliphatic imine (C=N–C) groups is 1. The van der Waals surface area contributed by atoms with Gasteiger partial charge < -0.3 is 16.4 Å². The third-order valence-corrected chi connectivity index (χ3v) is 6.78. The van der Waals surface area contributed by atoms with Gasteiger partial charge in [0.05, 0.1) is 11.7 Å². The second kappa shape index (κ2) is 9.99. The Hall–Kier alpha value is -3.91. The van der Waals surface area contributed by atoms with Crippen LogP contribution in [0.1, 0.15) is 47.7 Å². The van der Waals surface area contributed by atoms with Crippen molar-refractivity contribution in [2.45, 2.75) is 38.8 Å². The zero-order valence-electron chi connectivity index (χ0n) is 20.4. The summed E-state index contributed by atoms with van der Waals surface area (Å²) in [5.41, 5.74) is 16.0. The highest BCUT2D eigenvalue weighted by molar-refractivity contribution is 6.05. The molecule has 0 spiro atoms. The van der Waals surface area contributed by atoms with Crippen LogP contribution in [0.15, 0.2) is 65.2 Å². The zero-order valence-corrected chi connectivity index (χ0v) is 20.4. The lowest BCUT2D eigenvalue weighted by Crippen LogP contribution is -2.35. The number of amidine groups is 1. The van der Waals surface area contributed by atoms with Gasteiger partial charge in [-0.3, -0.25) is 14.4 Å². The molecule has 2 amide bonds. The number of amides is 2. The molecule has 2 aromatic carbocycles. The van der Waals surface area contributed by atoms with E-state index in [0.29, 0.717) is 40.8 Å². The maximum absolute atomic E-state index is 13.4. The third kappa shape index (κ3) is 4.90. The van der Waals surface area contributed by atoms with Crippen LogP contribution >= 0.6 is 0 Å². The standard InChI is InChI=1S/C28H31N5O3/c1-2-11-33(36-17-18-3-8-23(29)9-4-18)28(35)22-13-20-6-7-21(14-25(20)31-26(30)15-22)27(34)32-16-19-5-10-24(32)12-19/h3-10,13-14,19,24H,2,11-12,15-17,29H2,1H3,(H2,30,31). The lowest BCUT2D eigenvalue weighted by atomic mass is 10.0. The predicted molar refractivity (Wildman–Crippen MR) is 140 cm³/mol. The van der Waals surface area contributed by atoms with Gasteiger partial charge in [0.25, 0.3) is 11.8 Å². The first kappa shape index (κ1) is 23.8. The molecule has 0 aromatic heterocycles. The van der Waals surface area contributed by atoms with E-state index in [2.05, 4.69) is 17.1 Å². The van der Waals surface area contributed by atoms with Crippen LogP contribution in [-0.2, 0) is 16.2 Å². The Morgan fingerprint density at radius 3 is 2.64 bits per heavy atom. The molecule has 2 atom stereocenters. The number of carbonyl (C=O) groups excluding carboxylic acids is 2. The average molecular weight is 486 g/mol. The summed E-state index contributed by atoms with van der Waals surface area (Å²) < 4.78 is 0. The van der Waals surface area contributed by atoms with Crippen molar-refractivity contribution in [2.24, 2.45) is 16.6 Å². The number of hydroxylamine groups is 2. The van der Waals surface area contributed by atoms with Gasteiger partial charge >= 0.3 is 0 Å². The molecule has 2 bridgehead atoms. The van der Waals surface area contributed by atoms with Gasteiger partial charge in [0.1, 0.15) is 12.4 Å². The number of carbonyl (C=O) groups is 2. The Morgan fingerprint density at radius 1 is 1.14 bits per heavy atom. The fourth-order valence-corrected chi connectivity index (χ4v) is 4.92. The predicted octanol–water partition coefficient (Wildman–Crippen LogP) is 3.82. The van der Waals surface area contributed by atoms with Gasteiger partial charge in [-0.1, -0.05) is 37.3 Å². The number of nitrogens with zero attached hydrogens (tertiary/aromatic N) is 3. The van der Waals surface area contributed by atoms with Crippen LogP contribution in [-0.4, -0.2) is 46.7 Å². The van der Waals surface area contributed by atoms with Crippen molar-refractivity contribution in [1.29, 1.82) is 0 Å². The summed E-state index contributed by atoms with van der Waals surface area (Å²) in [6.07, 6.45) is 8.04. The fourth-order valence-electron chi connectivity index (χ4n) is 4.92. The first-order valence-electron chi connectivity index (χ1n) is 12.4. The SMILES string of the molecule is CCCN(OCc1ccc(N)cc1)C(=O)C1=Cc2ccc(C(=O)N3CC4C=CC3C4)cc2N=C(N)C1. The summed E-state index contributed by atoms with van der Waals surface area (Å²) in [5.74, 6) is 0.519. The van der Waals surface area contributed by atoms with Crippen LogP contribution < -0.4 is 11.5 Å². The highest BCUT2D eigenvalue weighted by Gasteiger charge is 2.37. The van der Waals surface area contributed by atoms with Crippen LogP contribution in [0.2, 0.25) is 0 Å². The van der Waals surface area contributed by atoms with Gasteiger partial charge in [0, 0.05) is 41.9 Å². The summed E-state index contributed by atoms with van der Waals surface area (Å²) >= 11 is 0. The fraction of sp³-hybridized carbons (Fsp3) is 0.321. The first-order chi connectivity index (χ1) is 17.4. The van der Waals surface area contributed by atoms with E-state index in [0.717, 1.165) is 30.5 Å². The summed E-state index contributed by atoms with van der Waals surface area (Å²) in [4.78, 5) is 38.9. The molecule has 8 heteroatoms. The molecule has 2 aromatic rings. The van der Waals surface area contributed by atoms with Crippen LogP contribution in [0.4, 0.5) is 11.4 Å². The monoisotopic (exact) mass is 485 g/mol. The number of likely N-dealkylation sites (tertiary alicyclic amines) is 1. The Morgan fingerprint density at radius 2 is 1.94 bits per heavy atom. The van der Waals surface area contributed by atoms with E-state index in [1.807, 2.05) is 30.0 Å². The number of benzene rings is 2. The van der Waals surface area contributed by atoms with Crippen LogP contribution in [0.3, 0.4) is 0 Å². The van der Waals surface area contributed by atoms with Crippen LogP contribution in [0.5, 0.6) is 0 Å². The molecule has 5 rings (SSSR count). The van der Waals surface area contributed by atoms with Crippen molar-refractivity contribution in [2.75, 3.05) is 18.8 Å². The molecule has 8 nitrogen and oxygen atoms in total. The van der Waals surface area contributed by atoms with Crippen LogP contribution in [0, 0.1) is 5.92 Å². The Balaban J connectivity index is 1.35. The number of nitrogens with two attached hydrogens (primary N) is 2. The van der Waals surface area contributed by atoms with Gasteiger partial charge in [-0.15, -0.1) is 0 Å². The summed E-state index contributed by atoms with van der Waals surface area (Å²) in [5, 5.41) is 1.38. The molecular weight excluding hydrogens is 454 g/mol. The van der Waals surface area contributed by atoms with Gasteiger partial charge in [-0.25, -0.2) is 10.1 Å². The van der Waals surface area contributed by atoms with E-state index in [1.165, 1.54) is 5.06 Å². The normalized spacial score (nSPS) is 20.0. The number of rotatable bonds is 7. The maximum atomic E-state index is 13.4. The lowest BCUT2D eigenvalue weighted by molar-refractivity contribution is -0.187. The van der Waals surface area contributed by atoms with E-state index in [1.54, 1.807) is 30.3 Å². The third-order valence-electron chi connectivity index (χ3n) is 6.78. The second-order valence-electron chi connectivity index (χ2n) is 9.55. The van der Waals surface area contributed by atoms with E-state index < -0.39 is 0 Å². The molecule has 186 valence electrons. The number of nitrogen functional groups attached to an aromatic ring is 1. The molecular formula is C28H31N5O3. The van der Waals surface area contributed by atoms with Crippen molar-refractivity contribution in [3.05, 3.63) is 76.9 Å². The van der Waals surface area contributed by atoms with Crippen molar-refractivity contribution in [1.82, 2.24) is 9.96 Å². The number of hydrogen-bond acceptors (Lipinski definition) is 6. The minimum Gasteiger partial charge on any atom is -0.399 e. The summed E-state index contributed by atoms with van der Waals surface area (Å²) in [7, 11) is 0. The average Bonchev–Trinajstić information content (AvgIpc) is 3.47. The summed E-state index contributed by atoms with van der Waals surface area (Å²) in [6, 6.07) is 12.9. The molecule has 36 heavy (non-hydrogen) atoms. The molecule has 2 heterocycles.